The van der Waals surface area contributed by atoms with Crippen LogP contribution >= 0.6 is 0 Å². The Morgan fingerprint density at radius 2 is 1.98 bits per heavy atom. The van der Waals surface area contributed by atoms with Crippen molar-refractivity contribution in [2.75, 3.05) is 31.1 Å². The number of rotatable bonds is 5. The maximum Gasteiger partial charge on any atom is 0.355 e. The van der Waals surface area contributed by atoms with Gasteiger partial charge < -0.3 is 14.5 Å². The van der Waals surface area contributed by atoms with E-state index in [1.165, 1.54) is 28.8 Å². The average molecular weight is 603 g/mol. The van der Waals surface area contributed by atoms with E-state index in [1.54, 1.807) is 17.2 Å². The van der Waals surface area contributed by atoms with Gasteiger partial charge in [0.05, 0.1) is 17.6 Å². The second-order valence-electron chi connectivity index (χ2n) is 11.3. The van der Waals surface area contributed by atoms with Crippen LogP contribution in [0.25, 0.3) is 28.0 Å². The summed E-state index contributed by atoms with van der Waals surface area (Å²) in [5, 5.41) is 0.290. The Morgan fingerprint density at radius 1 is 1.18 bits per heavy atom. The van der Waals surface area contributed by atoms with Gasteiger partial charge in [0.15, 0.2) is 11.5 Å². The van der Waals surface area contributed by atoms with Crippen molar-refractivity contribution < 1.29 is 18.3 Å². The number of halogens is 2. The van der Waals surface area contributed by atoms with E-state index in [0.717, 1.165) is 5.57 Å². The van der Waals surface area contributed by atoms with Crippen LogP contribution in [0.4, 0.5) is 14.6 Å². The number of fused-ring (bicyclic) bond motifs is 3. The van der Waals surface area contributed by atoms with E-state index in [0.29, 0.717) is 50.0 Å². The first-order chi connectivity index (χ1) is 21.2. The minimum Gasteiger partial charge on any atom is -0.493 e. The summed E-state index contributed by atoms with van der Waals surface area (Å²) in [7, 11) is 0. The molecule has 1 saturated heterocycles. The number of anilines is 1. The molecule has 11 heteroatoms. The van der Waals surface area contributed by atoms with Crippen molar-refractivity contribution in [2.24, 2.45) is 10.9 Å². The number of ether oxygens (including phenoxy) is 1. The van der Waals surface area contributed by atoms with Crippen LogP contribution in [0, 0.1) is 17.6 Å². The lowest BCUT2D eigenvalue weighted by molar-refractivity contribution is -0.126. The summed E-state index contributed by atoms with van der Waals surface area (Å²) in [6.07, 6.45) is 6.56. The average Bonchev–Trinajstić information content (AvgIpc) is 3.00. The predicted octanol–water partition coefficient (Wildman–Crippen LogP) is 5.60. The molecule has 5 rings (SSSR count). The number of piperazine rings is 1. The summed E-state index contributed by atoms with van der Waals surface area (Å²) in [6.45, 7) is 14.3. The number of pyridine rings is 1. The Labute approximate surface area is 254 Å². The Bertz CT molecular complexity index is 1750. The summed E-state index contributed by atoms with van der Waals surface area (Å²) < 4.78 is 38.9. The summed E-state index contributed by atoms with van der Waals surface area (Å²) in [6, 6.07) is 5.33. The molecule has 230 valence electrons. The molecule has 0 radical (unpaired) electrons. The van der Waals surface area contributed by atoms with Crippen LogP contribution in [0.5, 0.6) is 5.75 Å². The topological polar surface area (TPSA) is 92.9 Å². The number of aromatic nitrogens is 3. The summed E-state index contributed by atoms with van der Waals surface area (Å²) in [5.74, 6) is -1.43. The van der Waals surface area contributed by atoms with Crippen LogP contribution in [-0.2, 0) is 4.79 Å². The third-order valence-corrected chi connectivity index (χ3v) is 8.00. The van der Waals surface area contributed by atoms with Gasteiger partial charge in [0.2, 0.25) is 5.91 Å². The van der Waals surface area contributed by atoms with E-state index < -0.39 is 17.3 Å². The van der Waals surface area contributed by atoms with E-state index in [-0.39, 0.29) is 52.9 Å². The van der Waals surface area contributed by atoms with Crippen molar-refractivity contribution in [1.29, 1.82) is 0 Å². The van der Waals surface area contributed by atoms with Gasteiger partial charge in [0, 0.05) is 37.6 Å². The molecular formula is C33H36F2N6O3. The molecule has 2 aliphatic heterocycles. The number of hydrogen-bond acceptors (Lipinski definition) is 7. The molecule has 2 aromatic heterocycles. The molecule has 0 unspecified atom stereocenters. The van der Waals surface area contributed by atoms with Gasteiger partial charge >= 0.3 is 5.69 Å². The highest BCUT2D eigenvalue weighted by Crippen LogP contribution is 2.38. The number of benzene rings is 1. The molecular weight excluding hydrogens is 566 g/mol. The Kier molecular flexibility index (Phi) is 9.03. The van der Waals surface area contributed by atoms with Gasteiger partial charge in [-0.3, -0.25) is 9.79 Å². The highest BCUT2D eigenvalue weighted by molar-refractivity contribution is 5.92. The van der Waals surface area contributed by atoms with Gasteiger partial charge in [-0.05, 0) is 74.7 Å². The first-order valence-electron chi connectivity index (χ1n) is 14.7. The molecule has 1 amide bonds. The first-order valence-corrected chi connectivity index (χ1v) is 14.7. The van der Waals surface area contributed by atoms with E-state index >= 15 is 8.78 Å². The largest absolute Gasteiger partial charge is 0.493 e. The molecule has 1 fully saturated rings. The van der Waals surface area contributed by atoms with E-state index in [9.17, 15) is 9.59 Å². The van der Waals surface area contributed by atoms with Crippen LogP contribution in [0.2, 0.25) is 0 Å². The van der Waals surface area contributed by atoms with Gasteiger partial charge in [-0.25, -0.2) is 23.1 Å². The Hall–Kier alpha value is -4.67. The van der Waals surface area contributed by atoms with Crippen molar-refractivity contribution in [3.63, 3.8) is 0 Å². The second-order valence-corrected chi connectivity index (χ2v) is 11.3. The number of nitrogens with zero attached hydrogens (tertiary/aromatic N) is 6. The van der Waals surface area contributed by atoms with Crippen molar-refractivity contribution in [2.45, 2.75) is 46.1 Å². The molecule has 2 aliphatic rings. The number of hydrogen-bond donors (Lipinski definition) is 0. The maximum atomic E-state index is 16.2. The first kappa shape index (κ1) is 30.8. The summed E-state index contributed by atoms with van der Waals surface area (Å²) in [4.78, 5) is 43.1. The number of amides is 1. The van der Waals surface area contributed by atoms with E-state index in [2.05, 4.69) is 23.3 Å². The predicted molar refractivity (Wildman–Crippen MR) is 169 cm³/mol. The van der Waals surface area contributed by atoms with Crippen molar-refractivity contribution in [3.05, 3.63) is 76.9 Å². The van der Waals surface area contributed by atoms with Gasteiger partial charge in [-0.15, -0.1) is 0 Å². The molecule has 1 aromatic carbocycles. The normalized spacial score (nSPS) is 17.7. The molecule has 9 nitrogen and oxygen atoms in total. The van der Waals surface area contributed by atoms with Crippen LogP contribution in [0.1, 0.15) is 40.0 Å². The lowest BCUT2D eigenvalue weighted by Crippen LogP contribution is -2.54. The number of carbonyl (C=O) groups excluding carboxylic acids is 1. The van der Waals surface area contributed by atoms with Gasteiger partial charge in [-0.2, -0.15) is 4.98 Å². The molecule has 3 aromatic rings. The highest BCUT2D eigenvalue weighted by Gasteiger charge is 2.31. The van der Waals surface area contributed by atoms with Crippen molar-refractivity contribution in [3.8, 4) is 17.0 Å². The monoisotopic (exact) mass is 602 g/mol. The van der Waals surface area contributed by atoms with Gasteiger partial charge in [0.1, 0.15) is 23.1 Å². The summed E-state index contributed by atoms with van der Waals surface area (Å²) >= 11 is 0. The number of aliphatic imine (C=N–C) groups is 1. The van der Waals surface area contributed by atoms with Crippen LogP contribution < -0.4 is 15.3 Å². The fourth-order valence-corrected chi connectivity index (χ4v) is 5.98. The Morgan fingerprint density at radius 3 is 2.68 bits per heavy atom. The smallest absolute Gasteiger partial charge is 0.355 e. The van der Waals surface area contributed by atoms with Crippen LogP contribution in [0.15, 0.2) is 64.6 Å². The third-order valence-electron chi connectivity index (χ3n) is 8.00. The number of carbonyl (C=O) groups is 1. The quantitative estimate of drug-likeness (QED) is 0.279. The molecule has 2 bridgehead atoms. The van der Waals surface area contributed by atoms with Crippen molar-refractivity contribution in [1.82, 2.24) is 19.4 Å². The van der Waals surface area contributed by atoms with Crippen LogP contribution in [0.3, 0.4) is 0 Å². The molecule has 0 spiro atoms. The van der Waals surface area contributed by atoms with Gasteiger partial charge in [0.25, 0.3) is 0 Å². The zero-order valence-corrected chi connectivity index (χ0v) is 25.2. The molecule has 44 heavy (non-hydrogen) atoms. The minimum absolute atomic E-state index is 0.112. The Balaban J connectivity index is 1.86. The number of allylic oxidation sites excluding steroid dienone is 3. The van der Waals surface area contributed by atoms with Gasteiger partial charge in [-0.1, -0.05) is 26.5 Å². The van der Waals surface area contributed by atoms with Crippen LogP contribution in [-0.4, -0.2) is 64.3 Å². The zero-order valence-electron chi connectivity index (χ0n) is 25.2. The molecule has 0 saturated carbocycles. The zero-order chi connectivity index (χ0) is 31.5. The fourth-order valence-electron chi connectivity index (χ4n) is 5.98. The third kappa shape index (κ3) is 5.78. The SMILES string of the molecule is C=CC(=O)N1CCN(c2nc(=O)n3c4nc(c(F)cc24)-c2c(F)cccc2OCCCCC(/C=C\N=C)=C3C(C)C)[C@@H](C)C1. The highest BCUT2D eigenvalue weighted by atomic mass is 19.1. The van der Waals surface area contributed by atoms with Crippen molar-refractivity contribution >= 4 is 35.2 Å². The standard InChI is InChI=1S/C33H36F2N6O3/c1-6-27(42)39-15-16-40(21(4)19-39)31-23-18-25(35)29-28-24(34)11-9-12-26(28)44-17-8-7-10-22(13-14-36-5)30(20(2)3)41(32(23)37-29)33(43)38-31/h6,9,11-14,18,20-21H,1,5,7-8,10,15-17,19H2,2-4H3/b14-13-,30-22?/t21-/m0/s1. The fraction of sp³-hybridized carbons (Fsp3) is 0.364. The molecule has 0 N–H and O–H groups in total. The van der Waals surface area contributed by atoms with E-state index in [1.807, 2.05) is 31.7 Å². The summed E-state index contributed by atoms with van der Waals surface area (Å²) in [5.41, 5.74) is 0.619. The molecule has 4 heterocycles. The lowest BCUT2D eigenvalue weighted by Gasteiger charge is -2.40. The second kappa shape index (κ2) is 12.9. The molecule has 0 aliphatic carbocycles. The molecule has 1 atom stereocenters. The lowest BCUT2D eigenvalue weighted by atomic mass is 9.98. The van der Waals surface area contributed by atoms with E-state index in [4.69, 9.17) is 9.72 Å². The maximum absolute atomic E-state index is 16.2. The minimum atomic E-state index is -0.783.